The van der Waals surface area contributed by atoms with Gasteiger partial charge in [0.1, 0.15) is 0 Å². The van der Waals surface area contributed by atoms with Crippen molar-refractivity contribution in [2.75, 3.05) is 18.5 Å². The van der Waals surface area contributed by atoms with E-state index in [1.54, 1.807) is 42.5 Å². The molecule has 2 amide bonds. The Morgan fingerprint density at radius 1 is 1.04 bits per heavy atom. The zero-order valence-corrected chi connectivity index (χ0v) is 15.4. The first-order valence-corrected chi connectivity index (χ1v) is 9.06. The Hall–Kier alpha value is -2.08. The Balaban J connectivity index is 1.74. The van der Waals surface area contributed by atoms with Crippen molar-refractivity contribution < 1.29 is 14.3 Å². The van der Waals surface area contributed by atoms with Gasteiger partial charge < -0.3 is 15.4 Å². The summed E-state index contributed by atoms with van der Waals surface area (Å²) in [6.45, 7) is 1.17. The SMILES string of the molecule is O=C(NCC1CCCO1)c1ccccc1NC(=O)c1c(Cl)cccc1Cl. The molecule has 1 unspecified atom stereocenters. The normalized spacial score (nSPS) is 16.3. The van der Waals surface area contributed by atoms with Crippen LogP contribution in [0.3, 0.4) is 0 Å². The molecular formula is C19H18Cl2N2O3. The number of anilines is 1. The van der Waals surface area contributed by atoms with Crippen LogP contribution in [0.2, 0.25) is 10.0 Å². The van der Waals surface area contributed by atoms with Crippen molar-refractivity contribution in [1.82, 2.24) is 5.32 Å². The van der Waals surface area contributed by atoms with Crippen LogP contribution in [0.15, 0.2) is 42.5 Å². The smallest absolute Gasteiger partial charge is 0.258 e. The summed E-state index contributed by atoms with van der Waals surface area (Å²) in [7, 11) is 0. The molecule has 1 aliphatic rings. The Morgan fingerprint density at radius 3 is 2.46 bits per heavy atom. The van der Waals surface area contributed by atoms with Gasteiger partial charge in [-0.1, -0.05) is 41.4 Å². The molecule has 1 atom stereocenters. The van der Waals surface area contributed by atoms with Crippen LogP contribution < -0.4 is 10.6 Å². The van der Waals surface area contributed by atoms with Gasteiger partial charge in [-0.05, 0) is 37.1 Å². The van der Waals surface area contributed by atoms with Crippen molar-refractivity contribution in [2.24, 2.45) is 0 Å². The lowest BCUT2D eigenvalue weighted by atomic mass is 10.1. The Kier molecular flexibility index (Phi) is 6.14. The van der Waals surface area contributed by atoms with Gasteiger partial charge in [0, 0.05) is 13.2 Å². The number of hydrogen-bond donors (Lipinski definition) is 2. The maximum absolute atomic E-state index is 12.6. The predicted molar refractivity (Wildman–Crippen MR) is 102 cm³/mol. The zero-order chi connectivity index (χ0) is 18.5. The quantitative estimate of drug-likeness (QED) is 0.802. The molecule has 0 saturated carbocycles. The van der Waals surface area contributed by atoms with Gasteiger partial charge in [0.25, 0.3) is 11.8 Å². The van der Waals surface area contributed by atoms with E-state index in [4.69, 9.17) is 27.9 Å². The van der Waals surface area contributed by atoms with Crippen LogP contribution >= 0.6 is 23.2 Å². The second kappa shape index (κ2) is 8.54. The van der Waals surface area contributed by atoms with Gasteiger partial charge in [-0.2, -0.15) is 0 Å². The summed E-state index contributed by atoms with van der Waals surface area (Å²) in [5, 5.41) is 6.06. The molecule has 0 aliphatic carbocycles. The van der Waals surface area contributed by atoms with E-state index >= 15 is 0 Å². The molecule has 2 N–H and O–H groups in total. The Labute approximate surface area is 161 Å². The van der Waals surface area contributed by atoms with E-state index in [0.29, 0.717) is 17.8 Å². The summed E-state index contributed by atoms with van der Waals surface area (Å²) in [5.41, 5.74) is 0.922. The molecule has 0 radical (unpaired) electrons. The number of rotatable bonds is 5. The van der Waals surface area contributed by atoms with E-state index in [1.165, 1.54) is 0 Å². The van der Waals surface area contributed by atoms with Gasteiger partial charge in [-0.15, -0.1) is 0 Å². The molecule has 1 fully saturated rings. The van der Waals surface area contributed by atoms with Crippen LogP contribution in [0.5, 0.6) is 0 Å². The van der Waals surface area contributed by atoms with Crippen LogP contribution in [0.1, 0.15) is 33.6 Å². The molecule has 7 heteroatoms. The van der Waals surface area contributed by atoms with Crippen molar-refractivity contribution in [3.05, 3.63) is 63.6 Å². The number of nitrogens with one attached hydrogen (secondary N) is 2. The van der Waals surface area contributed by atoms with Crippen molar-refractivity contribution in [1.29, 1.82) is 0 Å². The molecule has 1 aliphatic heterocycles. The molecule has 3 rings (SSSR count). The van der Waals surface area contributed by atoms with Gasteiger partial charge >= 0.3 is 0 Å². The van der Waals surface area contributed by atoms with Gasteiger partial charge in [0.2, 0.25) is 0 Å². The monoisotopic (exact) mass is 392 g/mol. The third-order valence-corrected chi connectivity index (χ3v) is 4.75. The fourth-order valence-electron chi connectivity index (χ4n) is 2.80. The predicted octanol–water partition coefficient (Wildman–Crippen LogP) is 4.15. The minimum atomic E-state index is -0.472. The van der Waals surface area contributed by atoms with Gasteiger partial charge in [0.05, 0.1) is 33.0 Å². The Morgan fingerprint density at radius 2 is 1.77 bits per heavy atom. The molecule has 5 nitrogen and oxygen atoms in total. The number of halogens is 2. The number of amides is 2. The van der Waals surface area contributed by atoms with E-state index in [1.807, 2.05) is 0 Å². The number of para-hydroxylation sites is 1. The lowest BCUT2D eigenvalue weighted by Crippen LogP contribution is -2.32. The van der Waals surface area contributed by atoms with Gasteiger partial charge in [0.15, 0.2) is 0 Å². The van der Waals surface area contributed by atoms with E-state index < -0.39 is 5.91 Å². The molecule has 2 aromatic rings. The van der Waals surface area contributed by atoms with E-state index in [-0.39, 0.29) is 27.6 Å². The topological polar surface area (TPSA) is 67.4 Å². The van der Waals surface area contributed by atoms with Crippen LogP contribution in [0, 0.1) is 0 Å². The number of ether oxygens (including phenoxy) is 1. The highest BCUT2D eigenvalue weighted by molar-refractivity contribution is 6.40. The fourth-order valence-corrected chi connectivity index (χ4v) is 3.37. The summed E-state index contributed by atoms with van der Waals surface area (Å²) in [6.07, 6.45) is 1.98. The molecule has 1 saturated heterocycles. The highest BCUT2D eigenvalue weighted by Gasteiger charge is 2.20. The standard InChI is InChI=1S/C19H18Cl2N2O3/c20-14-7-3-8-15(21)17(14)19(25)23-16-9-2-1-6-13(16)18(24)22-11-12-5-4-10-26-12/h1-3,6-9,12H,4-5,10-11H2,(H,22,24)(H,23,25). The fraction of sp³-hybridized carbons (Fsp3) is 0.263. The molecule has 2 aromatic carbocycles. The third-order valence-electron chi connectivity index (χ3n) is 4.12. The van der Waals surface area contributed by atoms with Crippen LogP contribution in [0.25, 0.3) is 0 Å². The average Bonchev–Trinajstić information content (AvgIpc) is 3.13. The molecule has 0 spiro atoms. The molecule has 0 bridgehead atoms. The first kappa shape index (κ1) is 18.7. The first-order chi connectivity index (χ1) is 12.6. The van der Waals surface area contributed by atoms with Crippen molar-refractivity contribution in [3.8, 4) is 0 Å². The first-order valence-electron chi connectivity index (χ1n) is 8.30. The summed E-state index contributed by atoms with van der Waals surface area (Å²) in [6, 6.07) is 11.6. The summed E-state index contributed by atoms with van der Waals surface area (Å²) >= 11 is 12.2. The average molecular weight is 393 g/mol. The minimum Gasteiger partial charge on any atom is -0.376 e. The molecule has 26 heavy (non-hydrogen) atoms. The number of carbonyl (C=O) groups is 2. The maximum Gasteiger partial charge on any atom is 0.258 e. The van der Waals surface area contributed by atoms with Crippen molar-refractivity contribution in [2.45, 2.75) is 18.9 Å². The second-order valence-electron chi connectivity index (χ2n) is 5.94. The van der Waals surface area contributed by atoms with Crippen molar-refractivity contribution >= 4 is 40.7 Å². The summed E-state index contributed by atoms with van der Waals surface area (Å²) < 4.78 is 5.50. The molecule has 1 heterocycles. The summed E-state index contributed by atoms with van der Waals surface area (Å²) in [4.78, 5) is 25.1. The highest BCUT2D eigenvalue weighted by atomic mass is 35.5. The second-order valence-corrected chi connectivity index (χ2v) is 6.76. The zero-order valence-electron chi connectivity index (χ0n) is 13.9. The van der Waals surface area contributed by atoms with Crippen molar-refractivity contribution in [3.63, 3.8) is 0 Å². The number of carbonyl (C=O) groups excluding carboxylic acids is 2. The van der Waals surface area contributed by atoms with Gasteiger partial charge in [-0.25, -0.2) is 0 Å². The van der Waals surface area contributed by atoms with Crippen LogP contribution in [0.4, 0.5) is 5.69 Å². The van der Waals surface area contributed by atoms with E-state index in [0.717, 1.165) is 19.4 Å². The maximum atomic E-state index is 12.6. The number of hydrogen-bond acceptors (Lipinski definition) is 3. The molecule has 136 valence electrons. The molecular weight excluding hydrogens is 375 g/mol. The minimum absolute atomic E-state index is 0.0441. The largest absolute Gasteiger partial charge is 0.376 e. The third kappa shape index (κ3) is 4.36. The number of benzene rings is 2. The van der Waals surface area contributed by atoms with E-state index in [2.05, 4.69) is 10.6 Å². The lowest BCUT2D eigenvalue weighted by molar-refractivity contribution is 0.0858. The van der Waals surface area contributed by atoms with Crippen LogP contribution in [-0.4, -0.2) is 31.1 Å². The van der Waals surface area contributed by atoms with Gasteiger partial charge in [-0.3, -0.25) is 9.59 Å². The Bertz CT molecular complexity index is 800. The van der Waals surface area contributed by atoms with E-state index in [9.17, 15) is 9.59 Å². The molecule has 0 aromatic heterocycles. The van der Waals surface area contributed by atoms with Crippen LogP contribution in [-0.2, 0) is 4.74 Å². The lowest BCUT2D eigenvalue weighted by Gasteiger charge is -2.14. The highest BCUT2D eigenvalue weighted by Crippen LogP contribution is 2.26. The summed E-state index contributed by atoms with van der Waals surface area (Å²) in [5.74, 6) is -0.748.